The molecule has 0 aliphatic carbocycles. The van der Waals surface area contributed by atoms with E-state index in [1.54, 1.807) is 0 Å². The Hall–Kier alpha value is -0.840. The summed E-state index contributed by atoms with van der Waals surface area (Å²) in [6, 6.07) is 4.33. The van der Waals surface area contributed by atoms with Gasteiger partial charge in [-0.15, -0.1) is 0 Å². The predicted molar refractivity (Wildman–Crippen MR) is 78.2 cm³/mol. The van der Waals surface area contributed by atoms with Gasteiger partial charge in [-0.2, -0.15) is 0 Å². The Morgan fingerprint density at radius 2 is 2.11 bits per heavy atom. The summed E-state index contributed by atoms with van der Waals surface area (Å²) in [7, 11) is 2.14. The number of hydrogen-bond acceptors (Lipinski definition) is 4. The number of nitrogens with two attached hydrogens (primary N) is 1. The lowest BCUT2D eigenvalue weighted by Crippen LogP contribution is -2.36. The van der Waals surface area contributed by atoms with Crippen LogP contribution >= 0.6 is 0 Å². The fourth-order valence-corrected chi connectivity index (χ4v) is 2.74. The van der Waals surface area contributed by atoms with Crippen molar-refractivity contribution < 1.29 is 4.42 Å². The molecule has 4 nitrogen and oxygen atoms in total. The molecule has 1 aromatic rings. The first-order chi connectivity index (χ1) is 9.24. The molecule has 1 aromatic heterocycles. The Morgan fingerprint density at radius 1 is 1.37 bits per heavy atom. The van der Waals surface area contributed by atoms with Crippen LogP contribution in [-0.2, 0) is 6.42 Å². The van der Waals surface area contributed by atoms with Crippen LogP contribution in [0.3, 0.4) is 0 Å². The highest BCUT2D eigenvalue weighted by molar-refractivity contribution is 5.11. The van der Waals surface area contributed by atoms with E-state index in [0.29, 0.717) is 6.54 Å². The normalized spacial score (nSPS) is 18.3. The number of aryl methyl sites for hydroxylation is 1. The molecule has 2 heterocycles. The zero-order valence-corrected chi connectivity index (χ0v) is 12.3. The van der Waals surface area contributed by atoms with Crippen molar-refractivity contribution in [3.8, 4) is 0 Å². The third-order valence-electron chi connectivity index (χ3n) is 4.08. The molecule has 1 aliphatic heterocycles. The number of likely N-dealkylation sites (tertiary alicyclic amines) is 1. The molecule has 2 rings (SSSR count). The molecule has 0 radical (unpaired) electrons. The Labute approximate surface area is 116 Å². The van der Waals surface area contributed by atoms with Crippen LogP contribution in [0.2, 0.25) is 0 Å². The van der Waals surface area contributed by atoms with Gasteiger partial charge in [0.05, 0.1) is 6.04 Å². The van der Waals surface area contributed by atoms with Crippen molar-refractivity contribution in [2.45, 2.75) is 32.2 Å². The third-order valence-corrected chi connectivity index (χ3v) is 4.08. The predicted octanol–water partition coefficient (Wildman–Crippen LogP) is 1.87. The van der Waals surface area contributed by atoms with Crippen LogP contribution in [0.1, 0.15) is 37.3 Å². The Bertz CT molecular complexity index is 371. The number of rotatable bonds is 7. The summed E-state index contributed by atoms with van der Waals surface area (Å²) in [6.07, 6.45) is 3.64. The quantitative estimate of drug-likeness (QED) is 0.817. The van der Waals surface area contributed by atoms with E-state index in [9.17, 15) is 0 Å². The van der Waals surface area contributed by atoms with Gasteiger partial charge < -0.3 is 15.1 Å². The second kappa shape index (κ2) is 7.08. The molecule has 0 bridgehead atoms. The van der Waals surface area contributed by atoms with Crippen LogP contribution in [0.5, 0.6) is 0 Å². The Kier molecular flexibility index (Phi) is 5.43. The van der Waals surface area contributed by atoms with E-state index in [1.807, 2.05) is 0 Å². The molecule has 0 aromatic carbocycles. The zero-order chi connectivity index (χ0) is 13.7. The van der Waals surface area contributed by atoms with Crippen LogP contribution in [0.25, 0.3) is 0 Å². The van der Waals surface area contributed by atoms with Gasteiger partial charge in [0.15, 0.2) is 0 Å². The van der Waals surface area contributed by atoms with Crippen molar-refractivity contribution in [1.82, 2.24) is 9.80 Å². The van der Waals surface area contributed by atoms with Crippen molar-refractivity contribution in [1.29, 1.82) is 0 Å². The number of likely N-dealkylation sites (N-methyl/N-ethyl adjacent to an activating group) is 1. The molecular weight excluding hydrogens is 238 g/mol. The Balaban J connectivity index is 1.88. The maximum Gasteiger partial charge on any atom is 0.122 e. The van der Waals surface area contributed by atoms with E-state index in [2.05, 4.69) is 35.9 Å². The van der Waals surface area contributed by atoms with Crippen molar-refractivity contribution in [3.05, 3.63) is 23.7 Å². The minimum absolute atomic E-state index is 0.197. The number of nitrogens with zero attached hydrogens (tertiary/aromatic N) is 2. The van der Waals surface area contributed by atoms with Crippen LogP contribution in [0.15, 0.2) is 16.5 Å². The van der Waals surface area contributed by atoms with E-state index in [1.165, 1.54) is 25.9 Å². The zero-order valence-electron chi connectivity index (χ0n) is 12.3. The summed E-state index contributed by atoms with van der Waals surface area (Å²) >= 11 is 0. The third kappa shape index (κ3) is 3.81. The van der Waals surface area contributed by atoms with Crippen LogP contribution in [0, 0.1) is 0 Å². The van der Waals surface area contributed by atoms with Gasteiger partial charge in [-0.05, 0) is 45.1 Å². The maximum absolute atomic E-state index is 5.92. The first kappa shape index (κ1) is 14.6. The molecule has 1 saturated heterocycles. The van der Waals surface area contributed by atoms with E-state index < -0.39 is 0 Å². The fourth-order valence-electron chi connectivity index (χ4n) is 2.74. The van der Waals surface area contributed by atoms with E-state index in [-0.39, 0.29) is 6.04 Å². The average molecular weight is 265 g/mol. The van der Waals surface area contributed by atoms with Gasteiger partial charge in [-0.1, -0.05) is 6.92 Å². The molecule has 4 heteroatoms. The van der Waals surface area contributed by atoms with Crippen LogP contribution in [0.4, 0.5) is 0 Å². The van der Waals surface area contributed by atoms with Crippen molar-refractivity contribution in [3.63, 3.8) is 0 Å². The van der Waals surface area contributed by atoms with Crippen molar-refractivity contribution in [2.75, 3.05) is 39.8 Å². The van der Waals surface area contributed by atoms with Gasteiger partial charge in [-0.25, -0.2) is 0 Å². The van der Waals surface area contributed by atoms with Gasteiger partial charge in [-0.3, -0.25) is 4.90 Å². The number of furan rings is 1. The van der Waals surface area contributed by atoms with Gasteiger partial charge in [0.1, 0.15) is 11.5 Å². The Morgan fingerprint density at radius 3 is 2.68 bits per heavy atom. The molecule has 1 aliphatic rings. The van der Waals surface area contributed by atoms with Crippen molar-refractivity contribution >= 4 is 0 Å². The summed E-state index contributed by atoms with van der Waals surface area (Å²) in [5, 5.41) is 0. The molecule has 0 spiro atoms. The van der Waals surface area contributed by atoms with Crippen molar-refractivity contribution in [2.24, 2.45) is 5.73 Å². The lowest BCUT2D eigenvalue weighted by molar-refractivity contribution is 0.189. The summed E-state index contributed by atoms with van der Waals surface area (Å²) in [5.74, 6) is 2.05. The molecule has 0 saturated carbocycles. The molecule has 0 amide bonds. The molecule has 1 atom stereocenters. The second-order valence-corrected chi connectivity index (χ2v) is 5.44. The second-order valence-electron chi connectivity index (χ2n) is 5.44. The van der Waals surface area contributed by atoms with E-state index in [4.69, 9.17) is 10.2 Å². The SMILES string of the molecule is CCc1ccc(C(CN)N(C)CCN2CCCC2)o1. The molecule has 2 N–H and O–H groups in total. The van der Waals surface area contributed by atoms with Crippen LogP contribution in [-0.4, -0.2) is 49.6 Å². The first-order valence-electron chi connectivity index (χ1n) is 7.46. The summed E-state index contributed by atoms with van der Waals surface area (Å²) < 4.78 is 5.84. The van der Waals surface area contributed by atoms with Crippen LogP contribution < -0.4 is 5.73 Å². The highest BCUT2D eigenvalue weighted by Gasteiger charge is 2.20. The number of hydrogen-bond donors (Lipinski definition) is 1. The molecule has 108 valence electrons. The lowest BCUT2D eigenvalue weighted by Gasteiger charge is -2.27. The molecular formula is C15H27N3O. The average Bonchev–Trinajstić information content (AvgIpc) is 3.08. The summed E-state index contributed by atoms with van der Waals surface area (Å²) in [6.45, 7) is 7.40. The lowest BCUT2D eigenvalue weighted by atomic mass is 10.2. The summed E-state index contributed by atoms with van der Waals surface area (Å²) in [4.78, 5) is 4.85. The topological polar surface area (TPSA) is 45.6 Å². The first-order valence-corrected chi connectivity index (χ1v) is 7.46. The minimum atomic E-state index is 0.197. The maximum atomic E-state index is 5.92. The fraction of sp³-hybridized carbons (Fsp3) is 0.733. The van der Waals surface area contributed by atoms with Gasteiger partial charge in [0.2, 0.25) is 0 Å². The summed E-state index contributed by atoms with van der Waals surface area (Å²) in [5.41, 5.74) is 5.92. The highest BCUT2D eigenvalue weighted by Crippen LogP contribution is 2.21. The monoisotopic (exact) mass is 265 g/mol. The van der Waals surface area contributed by atoms with Gasteiger partial charge in [0, 0.05) is 26.1 Å². The van der Waals surface area contributed by atoms with E-state index >= 15 is 0 Å². The molecule has 1 fully saturated rings. The van der Waals surface area contributed by atoms with Gasteiger partial charge >= 0.3 is 0 Å². The largest absolute Gasteiger partial charge is 0.464 e. The highest BCUT2D eigenvalue weighted by atomic mass is 16.3. The molecule has 19 heavy (non-hydrogen) atoms. The van der Waals surface area contributed by atoms with E-state index in [0.717, 1.165) is 31.0 Å². The smallest absolute Gasteiger partial charge is 0.122 e. The molecule has 1 unspecified atom stereocenters. The standard InChI is InChI=1S/C15H27N3O/c1-3-13-6-7-15(19-13)14(12-16)17(2)10-11-18-8-4-5-9-18/h6-7,14H,3-5,8-12,16H2,1-2H3. The van der Waals surface area contributed by atoms with Gasteiger partial charge in [0.25, 0.3) is 0 Å². The minimum Gasteiger partial charge on any atom is -0.464 e.